The van der Waals surface area contributed by atoms with E-state index in [0.29, 0.717) is 68.8 Å². The predicted molar refractivity (Wildman–Crippen MR) is 244 cm³/mol. The lowest BCUT2D eigenvalue weighted by Gasteiger charge is -2.26. The average Bonchev–Trinajstić information content (AvgIpc) is 3.27. The molecule has 13 heteroatoms. The molecule has 1 heterocycles. The number of ketones is 2. The van der Waals surface area contributed by atoms with Crippen LogP contribution in [0.4, 0.5) is 10.5 Å². The number of aromatic nitrogens is 1. The summed E-state index contributed by atoms with van der Waals surface area (Å²) in [7, 11) is 0. The Balaban J connectivity index is 1.26. The van der Waals surface area contributed by atoms with Gasteiger partial charge < -0.3 is 30.9 Å². The van der Waals surface area contributed by atoms with Gasteiger partial charge >= 0.3 is 6.09 Å². The van der Waals surface area contributed by atoms with Crippen molar-refractivity contribution in [3.8, 4) is 0 Å². The number of aryl methyl sites for hydroxylation is 1. The van der Waals surface area contributed by atoms with Crippen molar-refractivity contribution in [3.63, 3.8) is 0 Å². The molecular weight excluding hydrogens is 783 g/mol. The SMILES string of the molecule is CC(C)(C)OC(=O)N[C@@H](CCCN(CCN=CC(=O)c1ccccc1)CCNCC(=O)c1ccccc1)C(=O)N[C@H](CCc1ccccc1)C(=O)Nc1cnc2ccccc2c1. The zero-order valence-electron chi connectivity index (χ0n) is 35.7. The number of anilines is 1. The highest BCUT2D eigenvalue weighted by molar-refractivity contribution is 6.35. The fourth-order valence-corrected chi connectivity index (χ4v) is 6.63. The van der Waals surface area contributed by atoms with Gasteiger partial charge in [0.15, 0.2) is 5.78 Å². The second-order valence-electron chi connectivity index (χ2n) is 15.9. The first-order valence-electron chi connectivity index (χ1n) is 21.0. The smallest absolute Gasteiger partial charge is 0.408 e. The summed E-state index contributed by atoms with van der Waals surface area (Å²) in [6.07, 6.45) is 3.65. The summed E-state index contributed by atoms with van der Waals surface area (Å²) in [6, 6.07) is 35.1. The van der Waals surface area contributed by atoms with E-state index >= 15 is 0 Å². The maximum Gasteiger partial charge on any atom is 0.408 e. The molecule has 2 atom stereocenters. The fourth-order valence-electron chi connectivity index (χ4n) is 6.63. The van der Waals surface area contributed by atoms with E-state index in [4.69, 9.17) is 4.74 Å². The van der Waals surface area contributed by atoms with E-state index in [9.17, 15) is 24.0 Å². The lowest BCUT2D eigenvalue weighted by atomic mass is 10.0. The van der Waals surface area contributed by atoms with E-state index in [-0.39, 0.29) is 24.5 Å². The Kier molecular flexibility index (Phi) is 18.0. The first-order valence-corrected chi connectivity index (χ1v) is 21.0. The van der Waals surface area contributed by atoms with E-state index in [1.165, 1.54) is 6.21 Å². The third-order valence-electron chi connectivity index (χ3n) is 9.83. The topological polar surface area (TPSA) is 171 Å². The maximum atomic E-state index is 14.2. The average molecular weight is 840 g/mol. The second kappa shape index (κ2) is 24.0. The minimum absolute atomic E-state index is 0.0204. The van der Waals surface area contributed by atoms with Gasteiger partial charge in [0.1, 0.15) is 17.7 Å². The number of benzene rings is 4. The molecule has 13 nitrogen and oxygen atoms in total. The third kappa shape index (κ3) is 16.1. The van der Waals surface area contributed by atoms with Crippen molar-refractivity contribution < 1.29 is 28.7 Å². The van der Waals surface area contributed by atoms with Crippen LogP contribution in [-0.2, 0) is 20.7 Å². The number of carbonyl (C=O) groups excluding carboxylic acids is 5. The van der Waals surface area contributed by atoms with E-state index in [1.807, 2.05) is 84.9 Å². The molecule has 0 radical (unpaired) electrons. The number of ether oxygens (including phenoxy) is 1. The van der Waals surface area contributed by atoms with E-state index in [0.717, 1.165) is 16.5 Å². The lowest BCUT2D eigenvalue weighted by molar-refractivity contribution is -0.128. The Bertz CT molecular complexity index is 2250. The number of hydrogen-bond acceptors (Lipinski definition) is 10. The van der Waals surface area contributed by atoms with Crippen molar-refractivity contribution in [2.75, 3.05) is 44.6 Å². The third-order valence-corrected chi connectivity index (χ3v) is 9.83. The van der Waals surface area contributed by atoms with Crippen LogP contribution in [0.3, 0.4) is 0 Å². The molecule has 4 N–H and O–H groups in total. The van der Waals surface area contributed by atoms with Gasteiger partial charge in [-0.05, 0) is 70.7 Å². The Morgan fingerprint density at radius 2 is 1.39 bits per heavy atom. The van der Waals surface area contributed by atoms with Crippen LogP contribution < -0.4 is 21.3 Å². The Morgan fingerprint density at radius 1 is 0.742 bits per heavy atom. The van der Waals surface area contributed by atoms with Crippen LogP contribution in [0.5, 0.6) is 0 Å². The summed E-state index contributed by atoms with van der Waals surface area (Å²) in [5.74, 6) is -1.16. The summed E-state index contributed by atoms with van der Waals surface area (Å²) in [5, 5.41) is 12.7. The minimum Gasteiger partial charge on any atom is -0.444 e. The van der Waals surface area contributed by atoms with Gasteiger partial charge in [-0.15, -0.1) is 0 Å². The standard InChI is InChI=1S/C49H57N7O6/c1-49(2,3)62-48(61)55-42(47(60)54-43(26-25-36-16-7-4-8-17-36)46(59)53-40-32-39-22-13-14-23-41(39)52-33-40)24-15-29-56(30-27-50-34-44(57)37-18-9-5-10-19-37)31-28-51-35-45(58)38-20-11-6-12-21-38/h4-14,16-23,32-34,42-43,51H,15,24-31,35H2,1-3H3,(H,53,59)(H,54,60)(H,55,61)/t42-,43+/m0/s1. The van der Waals surface area contributed by atoms with E-state index < -0.39 is 35.6 Å². The van der Waals surface area contributed by atoms with Crippen LogP contribution in [0.1, 0.15) is 66.3 Å². The Labute approximate surface area is 363 Å². The van der Waals surface area contributed by atoms with Crippen molar-refractivity contribution in [1.82, 2.24) is 25.8 Å². The Morgan fingerprint density at radius 3 is 2.10 bits per heavy atom. The van der Waals surface area contributed by atoms with Crippen LogP contribution >= 0.6 is 0 Å². The fraction of sp³-hybridized carbons (Fsp3) is 0.327. The van der Waals surface area contributed by atoms with Gasteiger partial charge in [0.05, 0.1) is 36.7 Å². The number of carbonyl (C=O) groups is 5. The van der Waals surface area contributed by atoms with Gasteiger partial charge in [0.25, 0.3) is 0 Å². The molecule has 62 heavy (non-hydrogen) atoms. The number of aliphatic imine (C=N–C) groups is 1. The molecule has 0 spiro atoms. The highest BCUT2D eigenvalue weighted by Crippen LogP contribution is 2.17. The van der Waals surface area contributed by atoms with Gasteiger partial charge in [0.2, 0.25) is 17.6 Å². The molecule has 4 aromatic carbocycles. The molecule has 1 aromatic heterocycles. The van der Waals surface area contributed by atoms with Crippen molar-refractivity contribution in [3.05, 3.63) is 144 Å². The van der Waals surface area contributed by atoms with Crippen LogP contribution in [0, 0.1) is 0 Å². The molecule has 0 aliphatic rings. The number of nitrogens with zero attached hydrogens (tertiary/aromatic N) is 3. The summed E-state index contributed by atoms with van der Waals surface area (Å²) < 4.78 is 5.55. The van der Waals surface area contributed by atoms with Crippen LogP contribution in [0.2, 0.25) is 0 Å². The number of amides is 3. The Hall–Kier alpha value is -6.57. The maximum absolute atomic E-state index is 14.2. The summed E-state index contributed by atoms with van der Waals surface area (Å²) in [4.78, 5) is 77.5. The number of rotatable bonds is 23. The quantitative estimate of drug-likeness (QED) is 0.0318. The largest absolute Gasteiger partial charge is 0.444 e. The van der Waals surface area contributed by atoms with Crippen molar-refractivity contribution in [2.45, 2.75) is 64.1 Å². The molecular formula is C49H57N7O6. The van der Waals surface area contributed by atoms with Gasteiger partial charge in [0, 0.05) is 36.1 Å². The number of alkyl carbamates (subject to hydrolysis) is 1. The van der Waals surface area contributed by atoms with Gasteiger partial charge in [-0.3, -0.25) is 29.2 Å². The summed E-state index contributed by atoms with van der Waals surface area (Å²) >= 11 is 0. The second-order valence-corrected chi connectivity index (χ2v) is 15.9. The van der Waals surface area contributed by atoms with Crippen molar-refractivity contribution >= 4 is 52.3 Å². The zero-order chi connectivity index (χ0) is 44.2. The zero-order valence-corrected chi connectivity index (χ0v) is 35.7. The molecule has 0 aliphatic heterocycles. The van der Waals surface area contributed by atoms with Crippen LogP contribution in [0.15, 0.2) is 133 Å². The lowest BCUT2D eigenvalue weighted by Crippen LogP contribution is -2.53. The predicted octanol–water partition coefficient (Wildman–Crippen LogP) is 6.69. The van der Waals surface area contributed by atoms with Gasteiger partial charge in [-0.25, -0.2) is 4.79 Å². The number of Topliss-reactive ketones (excluding diaryl/α,β-unsaturated/α-hetero) is 2. The first-order chi connectivity index (χ1) is 29.9. The van der Waals surface area contributed by atoms with Crippen LogP contribution in [-0.4, -0.2) is 103 Å². The molecule has 324 valence electrons. The highest BCUT2D eigenvalue weighted by atomic mass is 16.6. The molecule has 0 saturated carbocycles. The molecule has 0 saturated heterocycles. The number of fused-ring (bicyclic) bond motifs is 1. The minimum atomic E-state index is -1.04. The summed E-state index contributed by atoms with van der Waals surface area (Å²) in [6.45, 7) is 7.76. The number of hydrogen-bond donors (Lipinski definition) is 4. The number of para-hydroxylation sites is 1. The van der Waals surface area contributed by atoms with Crippen LogP contribution in [0.25, 0.3) is 10.9 Å². The first kappa shape index (κ1) is 46.5. The normalized spacial score (nSPS) is 12.5. The van der Waals surface area contributed by atoms with E-state index in [1.54, 1.807) is 63.4 Å². The molecule has 5 aromatic rings. The molecule has 3 amide bonds. The van der Waals surface area contributed by atoms with E-state index in [2.05, 4.69) is 36.1 Å². The van der Waals surface area contributed by atoms with Crippen molar-refractivity contribution in [2.24, 2.45) is 4.99 Å². The molecule has 0 unspecified atom stereocenters. The number of nitrogens with one attached hydrogen (secondary N) is 4. The monoisotopic (exact) mass is 839 g/mol. The molecule has 0 bridgehead atoms. The van der Waals surface area contributed by atoms with Gasteiger partial charge in [-0.2, -0.15) is 0 Å². The molecule has 0 aliphatic carbocycles. The van der Waals surface area contributed by atoms with Crippen molar-refractivity contribution in [1.29, 1.82) is 0 Å². The highest BCUT2D eigenvalue weighted by Gasteiger charge is 2.29. The number of pyridine rings is 1. The molecule has 5 rings (SSSR count). The molecule has 0 fully saturated rings. The summed E-state index contributed by atoms with van der Waals surface area (Å²) in [5.41, 5.74) is 2.64. The van der Waals surface area contributed by atoms with Gasteiger partial charge in [-0.1, -0.05) is 109 Å².